The average Bonchev–Trinajstić information content (AvgIpc) is 3.58. The maximum Gasteiger partial charge on any atom is 0.228 e. The standard InChI is InChI=1S/C23H18N6O2/c24-12-18-10-20(21(13-26-18)31-14-17-3-1-2-7-25-17)16-6-8-29-19(9-16)11-22(28-29)27-23(30)15-4-5-15/h1-3,6-11,13,15H,4-5,14H2,(H,27,28,30). The number of aromatic nitrogens is 4. The molecular formula is C23H18N6O2. The van der Waals surface area contributed by atoms with Crippen LogP contribution in [0.1, 0.15) is 24.2 Å². The third kappa shape index (κ3) is 4.07. The Labute approximate surface area is 178 Å². The van der Waals surface area contributed by atoms with Crippen LogP contribution >= 0.6 is 0 Å². The molecule has 0 bridgehead atoms. The summed E-state index contributed by atoms with van der Waals surface area (Å²) in [5.41, 5.74) is 3.50. The van der Waals surface area contributed by atoms with Gasteiger partial charge in [0.1, 0.15) is 24.1 Å². The first-order valence-electron chi connectivity index (χ1n) is 9.93. The molecule has 0 aromatic carbocycles. The van der Waals surface area contributed by atoms with Gasteiger partial charge in [0.05, 0.1) is 17.4 Å². The fourth-order valence-corrected chi connectivity index (χ4v) is 3.28. The van der Waals surface area contributed by atoms with E-state index in [1.54, 1.807) is 23.0 Å². The van der Waals surface area contributed by atoms with E-state index in [-0.39, 0.29) is 18.4 Å². The third-order valence-electron chi connectivity index (χ3n) is 5.06. The summed E-state index contributed by atoms with van der Waals surface area (Å²) in [6.07, 6.45) is 6.96. The first-order chi connectivity index (χ1) is 15.2. The summed E-state index contributed by atoms with van der Waals surface area (Å²) < 4.78 is 7.67. The van der Waals surface area contributed by atoms with Gasteiger partial charge in [0, 0.05) is 29.9 Å². The van der Waals surface area contributed by atoms with Gasteiger partial charge in [-0.2, -0.15) is 10.4 Å². The summed E-state index contributed by atoms with van der Waals surface area (Å²) >= 11 is 0. The molecule has 1 aliphatic carbocycles. The first-order valence-corrected chi connectivity index (χ1v) is 9.93. The second-order valence-corrected chi connectivity index (χ2v) is 7.37. The summed E-state index contributed by atoms with van der Waals surface area (Å²) in [5.74, 6) is 1.20. The molecule has 0 saturated heterocycles. The lowest BCUT2D eigenvalue weighted by Gasteiger charge is -2.11. The lowest BCUT2D eigenvalue weighted by Crippen LogP contribution is -2.13. The smallest absolute Gasteiger partial charge is 0.228 e. The number of hydrogen-bond donors (Lipinski definition) is 1. The van der Waals surface area contributed by atoms with Crippen molar-refractivity contribution in [1.82, 2.24) is 19.6 Å². The van der Waals surface area contributed by atoms with Crippen molar-refractivity contribution in [3.63, 3.8) is 0 Å². The Hall–Kier alpha value is -4.25. The number of nitrogens with one attached hydrogen (secondary N) is 1. The largest absolute Gasteiger partial charge is 0.485 e. The molecule has 8 nitrogen and oxygen atoms in total. The van der Waals surface area contributed by atoms with Crippen LogP contribution in [-0.4, -0.2) is 25.5 Å². The van der Waals surface area contributed by atoms with E-state index in [9.17, 15) is 10.1 Å². The lowest BCUT2D eigenvalue weighted by molar-refractivity contribution is -0.117. The van der Waals surface area contributed by atoms with Gasteiger partial charge in [-0.25, -0.2) is 9.50 Å². The molecule has 8 heteroatoms. The van der Waals surface area contributed by atoms with E-state index in [1.165, 1.54) is 0 Å². The molecule has 152 valence electrons. The van der Waals surface area contributed by atoms with Crippen molar-refractivity contribution in [3.8, 4) is 22.9 Å². The van der Waals surface area contributed by atoms with E-state index < -0.39 is 0 Å². The monoisotopic (exact) mass is 410 g/mol. The van der Waals surface area contributed by atoms with E-state index in [4.69, 9.17) is 4.74 Å². The third-order valence-corrected chi connectivity index (χ3v) is 5.06. The highest BCUT2D eigenvalue weighted by Crippen LogP contribution is 2.32. The fourth-order valence-electron chi connectivity index (χ4n) is 3.28. The van der Waals surface area contributed by atoms with Gasteiger partial charge >= 0.3 is 0 Å². The van der Waals surface area contributed by atoms with Crippen LogP contribution in [0.3, 0.4) is 0 Å². The van der Waals surface area contributed by atoms with Crippen LogP contribution < -0.4 is 10.1 Å². The highest BCUT2D eigenvalue weighted by Gasteiger charge is 2.30. The van der Waals surface area contributed by atoms with Gasteiger partial charge in [-0.1, -0.05) is 6.07 Å². The molecule has 1 aliphatic rings. The molecule has 1 amide bonds. The number of fused-ring (bicyclic) bond motifs is 1. The minimum Gasteiger partial charge on any atom is -0.485 e. The van der Waals surface area contributed by atoms with Crippen LogP contribution in [-0.2, 0) is 11.4 Å². The van der Waals surface area contributed by atoms with E-state index in [2.05, 4.69) is 26.5 Å². The summed E-state index contributed by atoms with van der Waals surface area (Å²) in [4.78, 5) is 20.4. The van der Waals surface area contributed by atoms with Crippen molar-refractivity contribution in [2.75, 3.05) is 5.32 Å². The molecule has 0 unspecified atom stereocenters. The second kappa shape index (κ2) is 7.88. The molecule has 0 radical (unpaired) electrons. The van der Waals surface area contributed by atoms with Crippen molar-refractivity contribution in [3.05, 3.63) is 72.4 Å². The average molecular weight is 410 g/mol. The van der Waals surface area contributed by atoms with E-state index >= 15 is 0 Å². The number of ether oxygens (including phenoxy) is 1. The molecule has 5 rings (SSSR count). The maximum absolute atomic E-state index is 12.0. The number of hydrogen-bond acceptors (Lipinski definition) is 6. The Kier molecular flexibility index (Phi) is 4.77. The Morgan fingerprint density at radius 2 is 2.13 bits per heavy atom. The van der Waals surface area contributed by atoms with E-state index in [0.29, 0.717) is 17.3 Å². The Morgan fingerprint density at radius 3 is 2.90 bits per heavy atom. The number of amides is 1. The van der Waals surface area contributed by atoms with Crippen molar-refractivity contribution in [1.29, 1.82) is 5.26 Å². The van der Waals surface area contributed by atoms with Gasteiger partial charge < -0.3 is 10.1 Å². The Balaban J connectivity index is 1.46. The molecule has 0 atom stereocenters. The number of rotatable bonds is 6. The molecular weight excluding hydrogens is 392 g/mol. The number of carbonyl (C=O) groups is 1. The zero-order valence-corrected chi connectivity index (χ0v) is 16.5. The number of anilines is 1. The van der Waals surface area contributed by atoms with Crippen LogP contribution in [0, 0.1) is 17.2 Å². The molecule has 4 aromatic heterocycles. The lowest BCUT2D eigenvalue weighted by atomic mass is 10.1. The van der Waals surface area contributed by atoms with Crippen molar-refractivity contribution < 1.29 is 9.53 Å². The fraction of sp³-hybridized carbons (Fsp3) is 0.174. The van der Waals surface area contributed by atoms with Crippen LogP contribution in [0.5, 0.6) is 5.75 Å². The second-order valence-electron chi connectivity index (χ2n) is 7.37. The van der Waals surface area contributed by atoms with Gasteiger partial charge in [0.25, 0.3) is 0 Å². The number of pyridine rings is 3. The minimum atomic E-state index is 0.0154. The molecule has 0 aliphatic heterocycles. The Morgan fingerprint density at radius 1 is 1.23 bits per heavy atom. The summed E-state index contributed by atoms with van der Waals surface area (Å²) in [7, 11) is 0. The predicted octanol–water partition coefficient (Wildman–Crippen LogP) is 3.59. The van der Waals surface area contributed by atoms with Gasteiger partial charge in [0.2, 0.25) is 5.91 Å². The normalized spacial score (nSPS) is 13.0. The molecule has 31 heavy (non-hydrogen) atoms. The predicted molar refractivity (Wildman–Crippen MR) is 113 cm³/mol. The highest BCUT2D eigenvalue weighted by atomic mass is 16.5. The number of carbonyl (C=O) groups excluding carboxylic acids is 1. The van der Waals surface area contributed by atoms with Gasteiger partial charge in [-0.15, -0.1) is 0 Å². The Bertz CT molecular complexity index is 1300. The van der Waals surface area contributed by atoms with Gasteiger partial charge in [-0.3, -0.25) is 9.78 Å². The highest BCUT2D eigenvalue weighted by molar-refractivity contribution is 5.93. The summed E-state index contributed by atoms with van der Waals surface area (Å²) in [6, 6.07) is 15.0. The number of nitriles is 1. The van der Waals surface area contributed by atoms with Crippen molar-refractivity contribution in [2.24, 2.45) is 5.92 Å². The van der Waals surface area contributed by atoms with Crippen molar-refractivity contribution >= 4 is 17.2 Å². The van der Waals surface area contributed by atoms with E-state index in [0.717, 1.165) is 35.2 Å². The minimum absolute atomic E-state index is 0.0154. The van der Waals surface area contributed by atoms with Gasteiger partial charge in [0.15, 0.2) is 5.82 Å². The molecule has 1 fully saturated rings. The van der Waals surface area contributed by atoms with Crippen molar-refractivity contribution in [2.45, 2.75) is 19.4 Å². The summed E-state index contributed by atoms with van der Waals surface area (Å²) in [6.45, 7) is 0.285. The van der Waals surface area contributed by atoms with Crippen LogP contribution in [0.25, 0.3) is 16.6 Å². The molecule has 0 spiro atoms. The SMILES string of the molecule is N#Cc1cc(-c2ccn3nc(NC(=O)C4CC4)cc3c2)c(OCc2ccccn2)cn1. The number of nitrogens with zero attached hydrogens (tertiary/aromatic N) is 5. The molecule has 1 saturated carbocycles. The van der Waals surface area contributed by atoms with Crippen LogP contribution in [0.4, 0.5) is 5.82 Å². The van der Waals surface area contributed by atoms with E-state index in [1.807, 2.05) is 42.6 Å². The zero-order chi connectivity index (χ0) is 21.2. The zero-order valence-electron chi connectivity index (χ0n) is 16.5. The van der Waals surface area contributed by atoms with Crippen LogP contribution in [0.15, 0.2) is 61.1 Å². The quantitative estimate of drug-likeness (QED) is 0.521. The molecule has 4 aromatic rings. The van der Waals surface area contributed by atoms with Gasteiger partial charge in [-0.05, 0) is 48.7 Å². The summed E-state index contributed by atoms with van der Waals surface area (Å²) in [5, 5.41) is 16.6. The first kappa shape index (κ1) is 18.8. The molecule has 1 N–H and O–H groups in total. The van der Waals surface area contributed by atoms with Crippen LogP contribution in [0.2, 0.25) is 0 Å². The maximum atomic E-state index is 12.0. The molecule has 4 heterocycles. The topological polar surface area (TPSA) is 105 Å².